The Kier molecular flexibility index (Phi) is 2.38. The molecule has 12 heavy (non-hydrogen) atoms. The maximum absolute atomic E-state index is 3.32. The Labute approximate surface area is 77.6 Å². The molecule has 64 valence electrons. The minimum atomic E-state index is 0.657. The predicted octanol–water partition coefficient (Wildman–Crippen LogP) is 1.92. The monoisotopic (exact) mass is 179 g/mol. The minimum Gasteiger partial charge on any atom is -0.316 e. The van der Waals surface area contributed by atoms with Crippen LogP contribution in [0.2, 0.25) is 0 Å². The molecule has 1 N–H and O–H groups in total. The second kappa shape index (κ2) is 3.50. The smallest absolute Gasteiger partial charge is 0.0199 e. The third kappa shape index (κ3) is 1.50. The van der Waals surface area contributed by atoms with Crippen molar-refractivity contribution >= 4 is 11.8 Å². The summed E-state index contributed by atoms with van der Waals surface area (Å²) >= 11 is 1.96. The summed E-state index contributed by atoms with van der Waals surface area (Å²) in [6, 6.07) is 9.34. The summed E-state index contributed by atoms with van der Waals surface area (Å²) in [5.74, 6) is 1.20. The molecule has 0 saturated carbocycles. The van der Waals surface area contributed by atoms with Crippen LogP contribution in [0.15, 0.2) is 29.2 Å². The topological polar surface area (TPSA) is 12.0 Å². The van der Waals surface area contributed by atoms with E-state index in [1.165, 1.54) is 22.6 Å². The van der Waals surface area contributed by atoms with E-state index in [4.69, 9.17) is 0 Å². The molecule has 2 heteroatoms. The highest BCUT2D eigenvalue weighted by Gasteiger charge is 2.16. The molecule has 0 saturated heterocycles. The van der Waals surface area contributed by atoms with Crippen LogP contribution in [0.3, 0.4) is 0 Å². The second-order valence-corrected chi connectivity index (χ2v) is 4.17. The van der Waals surface area contributed by atoms with Crippen molar-refractivity contribution in [1.82, 2.24) is 5.32 Å². The molecule has 0 amide bonds. The Morgan fingerprint density at radius 3 is 3.08 bits per heavy atom. The molecule has 0 radical (unpaired) electrons. The van der Waals surface area contributed by atoms with Crippen molar-refractivity contribution in [2.45, 2.75) is 17.4 Å². The molecule has 1 aromatic carbocycles. The maximum Gasteiger partial charge on any atom is 0.0199 e. The number of thioether (sulfide) groups is 1. The van der Waals surface area contributed by atoms with Crippen LogP contribution in [0, 0.1) is 0 Å². The van der Waals surface area contributed by atoms with Crippen LogP contribution >= 0.6 is 11.8 Å². The van der Waals surface area contributed by atoms with E-state index in [1.54, 1.807) is 0 Å². The fourth-order valence-electron chi connectivity index (χ4n) is 1.51. The van der Waals surface area contributed by atoms with Gasteiger partial charge in [0.25, 0.3) is 0 Å². The van der Waals surface area contributed by atoms with Gasteiger partial charge in [-0.15, -0.1) is 11.8 Å². The van der Waals surface area contributed by atoms with Crippen LogP contribution in [0.5, 0.6) is 0 Å². The van der Waals surface area contributed by atoms with E-state index in [9.17, 15) is 0 Å². The number of hydrogen-bond acceptors (Lipinski definition) is 2. The molecule has 2 rings (SSSR count). The third-order valence-electron chi connectivity index (χ3n) is 2.29. The maximum atomic E-state index is 3.32. The highest BCUT2D eigenvalue weighted by Crippen LogP contribution is 2.29. The van der Waals surface area contributed by atoms with Gasteiger partial charge in [-0.05, 0) is 25.1 Å². The first-order valence-electron chi connectivity index (χ1n) is 4.28. The lowest BCUT2D eigenvalue weighted by molar-refractivity contribution is 0.605. The van der Waals surface area contributed by atoms with Crippen molar-refractivity contribution in [2.24, 2.45) is 0 Å². The number of hydrogen-bond donors (Lipinski definition) is 1. The number of likely N-dealkylation sites (N-methyl/N-ethyl adjacent to an activating group) is 1. The van der Waals surface area contributed by atoms with Gasteiger partial charge in [-0.1, -0.05) is 18.2 Å². The van der Waals surface area contributed by atoms with E-state index in [0.29, 0.717) is 6.04 Å². The molecule has 1 aliphatic heterocycles. The summed E-state index contributed by atoms with van der Waals surface area (Å²) in [6.45, 7) is 0. The van der Waals surface area contributed by atoms with Gasteiger partial charge in [0.1, 0.15) is 0 Å². The van der Waals surface area contributed by atoms with Gasteiger partial charge in [0.2, 0.25) is 0 Å². The molecule has 0 aromatic heterocycles. The Morgan fingerprint density at radius 2 is 2.25 bits per heavy atom. The van der Waals surface area contributed by atoms with Crippen LogP contribution in [0.25, 0.3) is 0 Å². The fraction of sp³-hybridized carbons (Fsp3) is 0.400. The van der Waals surface area contributed by atoms with Gasteiger partial charge in [0.05, 0.1) is 0 Å². The normalized spacial score (nSPS) is 21.9. The molecule has 1 atom stereocenters. The van der Waals surface area contributed by atoms with Crippen molar-refractivity contribution in [3.63, 3.8) is 0 Å². The first kappa shape index (κ1) is 8.14. The van der Waals surface area contributed by atoms with Gasteiger partial charge in [-0.3, -0.25) is 0 Å². The Bertz CT molecular complexity index is 272. The van der Waals surface area contributed by atoms with E-state index in [2.05, 4.69) is 29.6 Å². The number of rotatable bonds is 1. The Hall–Kier alpha value is -0.470. The SMILES string of the molecule is CN[C@@H]1CSc2ccccc2C1. The van der Waals surface area contributed by atoms with Gasteiger partial charge in [0.15, 0.2) is 0 Å². The molecule has 0 unspecified atom stereocenters. The largest absolute Gasteiger partial charge is 0.316 e. The van der Waals surface area contributed by atoms with Crippen LogP contribution in [-0.4, -0.2) is 18.8 Å². The molecule has 0 fully saturated rings. The van der Waals surface area contributed by atoms with Gasteiger partial charge >= 0.3 is 0 Å². The van der Waals surface area contributed by atoms with Crippen LogP contribution < -0.4 is 5.32 Å². The molecule has 1 aliphatic rings. The highest BCUT2D eigenvalue weighted by molar-refractivity contribution is 7.99. The van der Waals surface area contributed by atoms with Gasteiger partial charge in [0, 0.05) is 16.7 Å². The lowest BCUT2D eigenvalue weighted by atomic mass is 10.1. The summed E-state index contributed by atoms with van der Waals surface area (Å²) in [5, 5.41) is 3.32. The van der Waals surface area contributed by atoms with Crippen molar-refractivity contribution in [3.05, 3.63) is 29.8 Å². The average molecular weight is 179 g/mol. The Morgan fingerprint density at radius 1 is 1.42 bits per heavy atom. The van der Waals surface area contributed by atoms with E-state index < -0.39 is 0 Å². The Balaban J connectivity index is 2.23. The number of nitrogens with one attached hydrogen (secondary N) is 1. The van der Waals surface area contributed by atoms with E-state index in [-0.39, 0.29) is 0 Å². The fourth-order valence-corrected chi connectivity index (χ4v) is 2.69. The molecular formula is C10H13NS. The van der Waals surface area contributed by atoms with Crippen LogP contribution in [0.1, 0.15) is 5.56 Å². The summed E-state index contributed by atoms with van der Waals surface area (Å²) in [4.78, 5) is 1.46. The van der Waals surface area contributed by atoms with E-state index >= 15 is 0 Å². The minimum absolute atomic E-state index is 0.657. The molecule has 1 aromatic rings. The third-order valence-corrected chi connectivity index (χ3v) is 3.57. The first-order chi connectivity index (χ1) is 5.90. The number of benzene rings is 1. The highest BCUT2D eigenvalue weighted by atomic mass is 32.2. The molecular weight excluding hydrogens is 166 g/mol. The summed E-state index contributed by atoms with van der Waals surface area (Å²) < 4.78 is 0. The molecule has 1 nitrogen and oxygen atoms in total. The van der Waals surface area contributed by atoms with Crippen LogP contribution in [-0.2, 0) is 6.42 Å². The molecule has 0 spiro atoms. The molecule has 1 heterocycles. The van der Waals surface area contributed by atoms with Crippen molar-refractivity contribution < 1.29 is 0 Å². The lowest BCUT2D eigenvalue weighted by Gasteiger charge is -2.23. The molecule has 0 aliphatic carbocycles. The number of fused-ring (bicyclic) bond motifs is 1. The standard InChI is InChI=1S/C10H13NS/c1-11-9-6-8-4-2-3-5-10(8)12-7-9/h2-5,9,11H,6-7H2,1H3/t9-/m0/s1. The first-order valence-corrected chi connectivity index (χ1v) is 5.26. The van der Waals surface area contributed by atoms with Crippen molar-refractivity contribution in [1.29, 1.82) is 0 Å². The summed E-state index contributed by atoms with van der Waals surface area (Å²) in [6.07, 6.45) is 1.18. The van der Waals surface area contributed by atoms with Gasteiger partial charge in [-0.2, -0.15) is 0 Å². The van der Waals surface area contributed by atoms with Gasteiger partial charge < -0.3 is 5.32 Å². The van der Waals surface area contributed by atoms with E-state index in [1.807, 2.05) is 18.8 Å². The predicted molar refractivity (Wildman–Crippen MR) is 53.7 cm³/mol. The zero-order valence-corrected chi connectivity index (χ0v) is 8.03. The zero-order chi connectivity index (χ0) is 8.39. The zero-order valence-electron chi connectivity index (χ0n) is 7.21. The summed E-state index contributed by atoms with van der Waals surface area (Å²) in [7, 11) is 2.04. The summed E-state index contributed by atoms with van der Waals surface area (Å²) in [5.41, 5.74) is 1.49. The van der Waals surface area contributed by atoms with Crippen molar-refractivity contribution in [3.8, 4) is 0 Å². The quantitative estimate of drug-likeness (QED) is 0.707. The molecule has 0 bridgehead atoms. The van der Waals surface area contributed by atoms with E-state index in [0.717, 1.165) is 0 Å². The lowest BCUT2D eigenvalue weighted by Crippen LogP contribution is -2.32. The van der Waals surface area contributed by atoms with Crippen LogP contribution in [0.4, 0.5) is 0 Å². The van der Waals surface area contributed by atoms with Crippen molar-refractivity contribution in [2.75, 3.05) is 12.8 Å². The second-order valence-electron chi connectivity index (χ2n) is 3.11. The van der Waals surface area contributed by atoms with Gasteiger partial charge in [-0.25, -0.2) is 0 Å². The average Bonchev–Trinajstić information content (AvgIpc) is 2.17.